The quantitative estimate of drug-likeness (QED) is 0.392. The molecular formula is C30H34FN5O5. The largest absolute Gasteiger partial charge is 0.497 e. The van der Waals surface area contributed by atoms with Crippen molar-refractivity contribution >= 4 is 17.6 Å². The zero-order valence-corrected chi connectivity index (χ0v) is 23.3. The van der Waals surface area contributed by atoms with E-state index >= 15 is 0 Å². The summed E-state index contributed by atoms with van der Waals surface area (Å²) in [6.45, 7) is 2.97. The van der Waals surface area contributed by atoms with Crippen LogP contribution >= 0.6 is 0 Å². The van der Waals surface area contributed by atoms with Crippen LogP contribution in [0.5, 0.6) is 11.5 Å². The minimum absolute atomic E-state index is 0.0899. The Morgan fingerprint density at radius 2 is 1.85 bits per heavy atom. The first-order valence-corrected chi connectivity index (χ1v) is 13.7. The van der Waals surface area contributed by atoms with E-state index < -0.39 is 5.82 Å². The molecule has 3 heterocycles. The van der Waals surface area contributed by atoms with Crippen molar-refractivity contribution in [2.45, 2.75) is 18.9 Å². The van der Waals surface area contributed by atoms with E-state index in [0.717, 1.165) is 24.2 Å². The molecule has 1 unspecified atom stereocenters. The number of ether oxygens (including phenoxy) is 3. The maximum atomic E-state index is 13.8. The number of halogens is 1. The van der Waals surface area contributed by atoms with Gasteiger partial charge in [0.05, 0.1) is 26.0 Å². The van der Waals surface area contributed by atoms with Crippen LogP contribution < -0.4 is 14.4 Å². The van der Waals surface area contributed by atoms with Gasteiger partial charge in [0.1, 0.15) is 23.9 Å². The first-order valence-electron chi connectivity index (χ1n) is 13.7. The zero-order chi connectivity index (χ0) is 28.8. The fourth-order valence-corrected chi connectivity index (χ4v) is 5.15. The number of hydrogen-bond acceptors (Lipinski definition) is 8. The third kappa shape index (κ3) is 6.74. The molecule has 0 spiro atoms. The Hall–Kier alpha value is -4.25. The molecule has 0 bridgehead atoms. The molecule has 1 aromatic heterocycles. The molecule has 1 atom stereocenters. The van der Waals surface area contributed by atoms with Gasteiger partial charge >= 0.3 is 0 Å². The average Bonchev–Trinajstić information content (AvgIpc) is 3.53. The van der Waals surface area contributed by atoms with Gasteiger partial charge in [0.2, 0.25) is 5.91 Å². The molecule has 2 fully saturated rings. The highest BCUT2D eigenvalue weighted by Gasteiger charge is 2.29. The Balaban J connectivity index is 1.20. The van der Waals surface area contributed by atoms with E-state index in [2.05, 4.69) is 15.1 Å². The molecule has 0 aliphatic carbocycles. The van der Waals surface area contributed by atoms with E-state index in [-0.39, 0.29) is 30.0 Å². The Labute approximate surface area is 238 Å². The lowest BCUT2D eigenvalue weighted by Crippen LogP contribution is -2.52. The SMILES string of the molecule is COc1ccc(-c2ccc(N3CCN(C(=O)CN(CC4CCCO4)C(=O)c4cccc(F)c4)CC3)nn2)c(OC)c1. The van der Waals surface area contributed by atoms with Gasteiger partial charge in [-0.2, -0.15) is 0 Å². The van der Waals surface area contributed by atoms with E-state index in [1.54, 1.807) is 31.3 Å². The lowest BCUT2D eigenvalue weighted by molar-refractivity contribution is -0.132. The van der Waals surface area contributed by atoms with Crippen molar-refractivity contribution in [1.29, 1.82) is 0 Å². The molecule has 2 amide bonds. The van der Waals surface area contributed by atoms with E-state index in [1.165, 1.54) is 23.1 Å². The molecule has 10 nitrogen and oxygen atoms in total. The third-order valence-electron chi connectivity index (χ3n) is 7.42. The van der Waals surface area contributed by atoms with Crippen LogP contribution in [0, 0.1) is 5.82 Å². The van der Waals surface area contributed by atoms with Gasteiger partial charge in [-0.15, -0.1) is 10.2 Å². The normalized spacial score (nSPS) is 16.9. The zero-order valence-electron chi connectivity index (χ0n) is 23.3. The van der Waals surface area contributed by atoms with Gasteiger partial charge in [0.15, 0.2) is 5.82 Å². The second kappa shape index (κ2) is 12.9. The topological polar surface area (TPSA) is 97.3 Å². The monoisotopic (exact) mass is 563 g/mol. The summed E-state index contributed by atoms with van der Waals surface area (Å²) in [7, 11) is 3.20. The van der Waals surface area contributed by atoms with Gasteiger partial charge in [0, 0.05) is 56.5 Å². The van der Waals surface area contributed by atoms with Crippen molar-refractivity contribution in [3.05, 3.63) is 66.0 Å². The van der Waals surface area contributed by atoms with Gasteiger partial charge in [-0.1, -0.05) is 6.07 Å². The molecule has 216 valence electrons. The molecule has 2 saturated heterocycles. The molecule has 11 heteroatoms. The van der Waals surface area contributed by atoms with Crippen molar-refractivity contribution in [2.24, 2.45) is 0 Å². The summed E-state index contributed by atoms with van der Waals surface area (Å²) in [6, 6.07) is 14.9. The fraction of sp³-hybridized carbons (Fsp3) is 0.400. The number of rotatable bonds is 9. The van der Waals surface area contributed by atoms with Gasteiger partial charge < -0.3 is 28.9 Å². The number of nitrogens with zero attached hydrogens (tertiary/aromatic N) is 5. The van der Waals surface area contributed by atoms with E-state index in [9.17, 15) is 14.0 Å². The number of carbonyl (C=O) groups excluding carboxylic acids is 2. The van der Waals surface area contributed by atoms with Gasteiger partial charge in [-0.3, -0.25) is 9.59 Å². The Morgan fingerprint density at radius 3 is 2.51 bits per heavy atom. The minimum atomic E-state index is -0.491. The predicted molar refractivity (Wildman–Crippen MR) is 151 cm³/mol. The van der Waals surface area contributed by atoms with Crippen molar-refractivity contribution in [3.63, 3.8) is 0 Å². The van der Waals surface area contributed by atoms with Crippen molar-refractivity contribution in [1.82, 2.24) is 20.0 Å². The summed E-state index contributed by atoms with van der Waals surface area (Å²) in [5.41, 5.74) is 1.70. The minimum Gasteiger partial charge on any atom is -0.497 e. The van der Waals surface area contributed by atoms with Crippen molar-refractivity contribution in [3.8, 4) is 22.8 Å². The molecule has 2 aromatic carbocycles. The molecule has 2 aliphatic rings. The summed E-state index contributed by atoms with van der Waals surface area (Å²) in [5.74, 6) is 1.03. The standard InChI is InChI=1S/C30H34FN5O5/c1-39-23-8-9-25(27(18-23)40-2)26-10-11-28(33-32-26)34-12-14-35(15-13-34)29(37)20-36(19-24-7-4-16-41-24)30(38)21-5-3-6-22(31)17-21/h3,5-6,8-11,17-18,24H,4,7,12-16,19-20H2,1-2H3. The number of anilines is 1. The lowest BCUT2D eigenvalue weighted by Gasteiger charge is -2.36. The van der Waals surface area contributed by atoms with Crippen LogP contribution in [0.15, 0.2) is 54.6 Å². The molecule has 0 radical (unpaired) electrons. The highest BCUT2D eigenvalue weighted by atomic mass is 19.1. The second-order valence-electron chi connectivity index (χ2n) is 10.0. The van der Waals surface area contributed by atoms with Gasteiger partial charge in [0.25, 0.3) is 5.91 Å². The number of amides is 2. The molecule has 3 aromatic rings. The van der Waals surface area contributed by atoms with Crippen LogP contribution in [0.25, 0.3) is 11.3 Å². The third-order valence-corrected chi connectivity index (χ3v) is 7.42. The Morgan fingerprint density at radius 1 is 1.02 bits per heavy atom. The average molecular weight is 564 g/mol. The fourth-order valence-electron chi connectivity index (χ4n) is 5.15. The van der Waals surface area contributed by atoms with Gasteiger partial charge in [-0.25, -0.2) is 4.39 Å². The molecule has 0 N–H and O–H groups in total. The lowest BCUT2D eigenvalue weighted by atomic mass is 10.1. The Kier molecular flexibility index (Phi) is 8.93. The van der Waals surface area contributed by atoms with Crippen molar-refractivity contribution < 1.29 is 28.2 Å². The Bertz CT molecular complexity index is 1360. The molecule has 0 saturated carbocycles. The summed E-state index contributed by atoms with van der Waals surface area (Å²) in [6.07, 6.45) is 1.61. The van der Waals surface area contributed by atoms with Crippen LogP contribution in [-0.2, 0) is 9.53 Å². The van der Waals surface area contributed by atoms with Crippen LogP contribution in [0.4, 0.5) is 10.2 Å². The number of piperazine rings is 1. The highest BCUT2D eigenvalue weighted by molar-refractivity contribution is 5.96. The summed E-state index contributed by atoms with van der Waals surface area (Å²) in [5, 5.41) is 8.83. The highest BCUT2D eigenvalue weighted by Crippen LogP contribution is 2.32. The van der Waals surface area contributed by atoms with Crippen LogP contribution in [0.3, 0.4) is 0 Å². The number of carbonyl (C=O) groups is 2. The van der Waals surface area contributed by atoms with Crippen LogP contribution in [0.1, 0.15) is 23.2 Å². The summed E-state index contributed by atoms with van der Waals surface area (Å²) in [4.78, 5) is 31.8. The number of benzene rings is 2. The van der Waals surface area contributed by atoms with Crippen LogP contribution in [0.2, 0.25) is 0 Å². The molecule has 2 aliphatic heterocycles. The van der Waals surface area contributed by atoms with E-state index in [4.69, 9.17) is 14.2 Å². The predicted octanol–water partition coefficient (Wildman–Crippen LogP) is 3.27. The first kappa shape index (κ1) is 28.3. The smallest absolute Gasteiger partial charge is 0.254 e. The maximum Gasteiger partial charge on any atom is 0.254 e. The molecule has 5 rings (SSSR count). The van der Waals surface area contributed by atoms with Crippen molar-refractivity contribution in [2.75, 3.05) is 65.0 Å². The summed E-state index contributed by atoms with van der Waals surface area (Å²) < 4.78 is 30.3. The van der Waals surface area contributed by atoms with Gasteiger partial charge in [-0.05, 0) is 55.3 Å². The number of aromatic nitrogens is 2. The number of methoxy groups -OCH3 is 2. The number of hydrogen-bond donors (Lipinski definition) is 0. The maximum absolute atomic E-state index is 13.8. The van der Waals surface area contributed by atoms with E-state index in [1.807, 2.05) is 24.3 Å². The molecular weight excluding hydrogens is 529 g/mol. The summed E-state index contributed by atoms with van der Waals surface area (Å²) >= 11 is 0. The second-order valence-corrected chi connectivity index (χ2v) is 10.0. The first-order chi connectivity index (χ1) is 19.9. The van der Waals surface area contributed by atoms with Crippen LogP contribution in [-0.4, -0.2) is 98.0 Å². The van der Waals surface area contributed by atoms with E-state index in [0.29, 0.717) is 56.5 Å². The molecule has 41 heavy (non-hydrogen) atoms.